The summed E-state index contributed by atoms with van der Waals surface area (Å²) in [5.41, 5.74) is 1.86. The summed E-state index contributed by atoms with van der Waals surface area (Å²) in [6.07, 6.45) is 5.38. The van der Waals surface area contributed by atoms with E-state index in [4.69, 9.17) is 21.1 Å². The highest BCUT2D eigenvalue weighted by Crippen LogP contribution is 2.32. The molecule has 242 valence electrons. The van der Waals surface area contributed by atoms with Crippen LogP contribution >= 0.6 is 11.6 Å². The number of nitrogens with one attached hydrogen (secondary N) is 1. The maximum Gasteiger partial charge on any atom is 0.264 e. The number of sulfonamides is 1. The summed E-state index contributed by atoms with van der Waals surface area (Å²) in [6.45, 7) is 3.26. The van der Waals surface area contributed by atoms with Crippen molar-refractivity contribution in [2.75, 3.05) is 25.1 Å². The van der Waals surface area contributed by atoms with E-state index in [2.05, 4.69) is 5.32 Å². The lowest BCUT2D eigenvalue weighted by Crippen LogP contribution is -2.54. The molecule has 0 aromatic heterocycles. The first-order valence-electron chi connectivity index (χ1n) is 15.2. The van der Waals surface area contributed by atoms with Crippen molar-refractivity contribution in [2.24, 2.45) is 0 Å². The van der Waals surface area contributed by atoms with E-state index in [-0.39, 0.29) is 34.1 Å². The normalized spacial score (nSPS) is 14.3. The standard InChI is InChI=1S/C34H42ClN3O6S/c1-5-31(34(40)36-26-9-7-6-8-10-26)37(22-25-13-16-28(43-3)17-14-25)33(39)23-38(27-15-20-32(44-4)30(35)21-27)45(41,42)29-18-11-24(2)12-19-29/h11-21,26,31H,5-10,22-23H2,1-4H3,(H,36,40). The number of amides is 2. The minimum Gasteiger partial charge on any atom is -0.497 e. The fraction of sp³-hybridized carbons (Fsp3) is 0.412. The second-order valence-electron chi connectivity index (χ2n) is 11.3. The van der Waals surface area contributed by atoms with Gasteiger partial charge in [-0.3, -0.25) is 13.9 Å². The molecule has 0 aliphatic heterocycles. The summed E-state index contributed by atoms with van der Waals surface area (Å²) in [7, 11) is -1.19. The summed E-state index contributed by atoms with van der Waals surface area (Å²) in [5, 5.41) is 3.35. The molecule has 1 fully saturated rings. The van der Waals surface area contributed by atoms with Crippen LogP contribution in [0.25, 0.3) is 0 Å². The molecular weight excluding hydrogens is 614 g/mol. The van der Waals surface area contributed by atoms with Gasteiger partial charge in [0.1, 0.15) is 24.1 Å². The van der Waals surface area contributed by atoms with Gasteiger partial charge in [0.05, 0.1) is 29.8 Å². The van der Waals surface area contributed by atoms with Crippen molar-refractivity contribution >= 4 is 39.1 Å². The second-order valence-corrected chi connectivity index (χ2v) is 13.6. The Morgan fingerprint density at radius 3 is 2.20 bits per heavy atom. The van der Waals surface area contributed by atoms with Crippen molar-refractivity contribution in [3.63, 3.8) is 0 Å². The van der Waals surface area contributed by atoms with Gasteiger partial charge in [-0.25, -0.2) is 8.42 Å². The largest absolute Gasteiger partial charge is 0.497 e. The first kappa shape index (κ1) is 34.1. The zero-order valence-corrected chi connectivity index (χ0v) is 27.9. The maximum absolute atomic E-state index is 14.3. The molecule has 0 bridgehead atoms. The molecule has 1 atom stereocenters. The number of carbonyl (C=O) groups is 2. The van der Waals surface area contributed by atoms with E-state index in [9.17, 15) is 18.0 Å². The Bertz CT molecular complexity index is 1560. The number of nitrogens with zero attached hydrogens (tertiary/aromatic N) is 2. The number of halogens is 1. The van der Waals surface area contributed by atoms with Crippen molar-refractivity contribution in [1.29, 1.82) is 0 Å². The van der Waals surface area contributed by atoms with E-state index >= 15 is 0 Å². The van der Waals surface area contributed by atoms with Crippen LogP contribution in [0.4, 0.5) is 5.69 Å². The molecule has 1 aliphatic carbocycles. The van der Waals surface area contributed by atoms with E-state index in [1.54, 1.807) is 43.5 Å². The fourth-order valence-corrected chi connectivity index (χ4v) is 7.23. The molecule has 0 spiro atoms. The molecule has 0 saturated heterocycles. The molecule has 1 aliphatic rings. The van der Waals surface area contributed by atoms with Crippen molar-refractivity contribution in [1.82, 2.24) is 10.2 Å². The number of methoxy groups -OCH3 is 2. The Balaban J connectivity index is 1.73. The van der Waals surface area contributed by atoms with Crippen LogP contribution in [0.1, 0.15) is 56.6 Å². The Labute approximate surface area is 271 Å². The zero-order valence-electron chi connectivity index (χ0n) is 26.3. The molecule has 9 nitrogen and oxygen atoms in total. The highest BCUT2D eigenvalue weighted by atomic mass is 35.5. The molecule has 0 heterocycles. The van der Waals surface area contributed by atoms with Crippen LogP contribution in [0.5, 0.6) is 11.5 Å². The molecule has 3 aromatic rings. The number of carbonyl (C=O) groups excluding carboxylic acids is 2. The topological polar surface area (TPSA) is 105 Å². The molecule has 2 amide bonds. The van der Waals surface area contributed by atoms with Gasteiger partial charge in [-0.2, -0.15) is 0 Å². The van der Waals surface area contributed by atoms with Crippen LogP contribution in [0.3, 0.4) is 0 Å². The number of hydrogen-bond acceptors (Lipinski definition) is 6. The van der Waals surface area contributed by atoms with Gasteiger partial charge in [-0.1, -0.05) is 67.6 Å². The lowest BCUT2D eigenvalue weighted by atomic mass is 9.95. The van der Waals surface area contributed by atoms with E-state index in [1.165, 1.54) is 30.2 Å². The van der Waals surface area contributed by atoms with Gasteiger partial charge in [0.25, 0.3) is 10.0 Å². The maximum atomic E-state index is 14.3. The van der Waals surface area contributed by atoms with Crippen LogP contribution in [0, 0.1) is 6.92 Å². The van der Waals surface area contributed by atoms with Gasteiger partial charge < -0.3 is 19.7 Å². The van der Waals surface area contributed by atoms with Gasteiger partial charge >= 0.3 is 0 Å². The Morgan fingerprint density at radius 1 is 0.956 bits per heavy atom. The van der Waals surface area contributed by atoms with Crippen molar-refractivity contribution in [3.05, 3.63) is 82.9 Å². The van der Waals surface area contributed by atoms with Gasteiger partial charge in [-0.05, 0) is 74.2 Å². The molecule has 11 heteroatoms. The highest BCUT2D eigenvalue weighted by Gasteiger charge is 2.34. The predicted molar refractivity (Wildman–Crippen MR) is 176 cm³/mol. The van der Waals surface area contributed by atoms with E-state index < -0.39 is 28.5 Å². The summed E-state index contributed by atoms with van der Waals surface area (Å²) in [6, 6.07) is 17.4. The van der Waals surface area contributed by atoms with Gasteiger partial charge in [0.15, 0.2) is 0 Å². The summed E-state index contributed by atoms with van der Waals surface area (Å²) in [5.74, 6) is 0.252. The lowest BCUT2D eigenvalue weighted by Gasteiger charge is -2.34. The molecular formula is C34H42ClN3O6S. The van der Waals surface area contributed by atoms with Crippen molar-refractivity contribution < 1.29 is 27.5 Å². The Morgan fingerprint density at radius 2 is 1.62 bits per heavy atom. The predicted octanol–water partition coefficient (Wildman–Crippen LogP) is 6.12. The molecule has 1 saturated carbocycles. The van der Waals surface area contributed by atoms with Crippen LogP contribution in [0.2, 0.25) is 5.02 Å². The van der Waals surface area contributed by atoms with Crippen LogP contribution < -0.4 is 19.1 Å². The fourth-order valence-electron chi connectivity index (χ4n) is 5.57. The summed E-state index contributed by atoms with van der Waals surface area (Å²) in [4.78, 5) is 29.6. The van der Waals surface area contributed by atoms with Crippen LogP contribution in [0.15, 0.2) is 71.6 Å². The van der Waals surface area contributed by atoms with E-state index in [1.807, 2.05) is 26.0 Å². The monoisotopic (exact) mass is 655 g/mol. The lowest BCUT2D eigenvalue weighted by molar-refractivity contribution is -0.140. The van der Waals surface area contributed by atoms with Gasteiger partial charge in [0.2, 0.25) is 11.8 Å². The third-order valence-electron chi connectivity index (χ3n) is 8.16. The first-order chi connectivity index (χ1) is 21.6. The van der Waals surface area contributed by atoms with E-state index in [0.29, 0.717) is 17.9 Å². The number of hydrogen-bond donors (Lipinski definition) is 1. The number of benzene rings is 3. The number of anilines is 1. The zero-order chi connectivity index (χ0) is 32.6. The molecule has 1 unspecified atom stereocenters. The molecule has 3 aromatic carbocycles. The quantitative estimate of drug-likeness (QED) is 0.238. The number of ether oxygens (including phenoxy) is 2. The third kappa shape index (κ3) is 8.49. The average Bonchev–Trinajstić information content (AvgIpc) is 3.04. The first-order valence-corrected chi connectivity index (χ1v) is 17.0. The van der Waals surface area contributed by atoms with Gasteiger partial charge in [-0.15, -0.1) is 0 Å². The molecule has 4 rings (SSSR count). The van der Waals surface area contributed by atoms with Crippen LogP contribution in [-0.2, 0) is 26.2 Å². The second kappa shape index (κ2) is 15.5. The van der Waals surface area contributed by atoms with Gasteiger partial charge in [0, 0.05) is 12.6 Å². The summed E-state index contributed by atoms with van der Waals surface area (Å²) < 4.78 is 39.8. The minimum absolute atomic E-state index is 0.0247. The molecule has 45 heavy (non-hydrogen) atoms. The Kier molecular flexibility index (Phi) is 11.7. The number of aryl methyl sites for hydroxylation is 1. The van der Waals surface area contributed by atoms with Crippen molar-refractivity contribution in [3.8, 4) is 11.5 Å². The smallest absolute Gasteiger partial charge is 0.264 e. The highest BCUT2D eigenvalue weighted by molar-refractivity contribution is 7.92. The molecule has 0 radical (unpaired) electrons. The minimum atomic E-state index is -4.22. The average molecular weight is 656 g/mol. The SMILES string of the molecule is CCC(C(=O)NC1CCCCC1)N(Cc1ccc(OC)cc1)C(=O)CN(c1ccc(OC)c(Cl)c1)S(=O)(=O)c1ccc(C)cc1. The number of rotatable bonds is 13. The molecule has 1 N–H and O–H groups in total. The summed E-state index contributed by atoms with van der Waals surface area (Å²) >= 11 is 6.42. The van der Waals surface area contributed by atoms with Crippen LogP contribution in [-0.4, -0.2) is 58.0 Å². The third-order valence-corrected chi connectivity index (χ3v) is 10.2. The van der Waals surface area contributed by atoms with Crippen molar-refractivity contribution in [2.45, 2.75) is 75.9 Å². The van der Waals surface area contributed by atoms with E-state index in [0.717, 1.165) is 47.5 Å². The Hall–Kier alpha value is -3.76.